The first-order chi connectivity index (χ1) is 13.1. The van der Waals surface area contributed by atoms with E-state index in [1.165, 1.54) is 6.33 Å². The summed E-state index contributed by atoms with van der Waals surface area (Å²) in [7, 11) is 1.84. The summed E-state index contributed by atoms with van der Waals surface area (Å²) in [6, 6.07) is 7.69. The van der Waals surface area contributed by atoms with Gasteiger partial charge in [0, 0.05) is 30.1 Å². The predicted octanol–water partition coefficient (Wildman–Crippen LogP) is 1.98. The molecule has 0 aliphatic heterocycles. The third kappa shape index (κ3) is 2.27. The lowest BCUT2D eigenvalue weighted by Crippen LogP contribution is -2.28. The molecule has 8 nitrogen and oxygen atoms in total. The minimum absolute atomic E-state index is 0.215. The van der Waals surface area contributed by atoms with Crippen LogP contribution in [0.15, 0.2) is 53.9 Å². The fraction of sp³-hybridized carbons (Fsp3) is 0.105. The molecule has 1 aromatic carbocycles. The standard InChI is InChI=1S/C19H15N7O/c1-26-6-5-15(25-26)12-7-11(10-3-2-4-14-13(10)8-23-24-14)17(20)16-18(12)21-9-22-19(16)27/h2-9,11,20H,1H3,(H,23,24)(H,21,22,27). The number of benzene rings is 1. The van der Waals surface area contributed by atoms with Crippen LogP contribution in [0.5, 0.6) is 0 Å². The fourth-order valence-corrected chi connectivity index (χ4v) is 3.61. The van der Waals surface area contributed by atoms with Crippen LogP contribution < -0.4 is 5.56 Å². The number of hydrogen-bond acceptors (Lipinski definition) is 5. The lowest BCUT2D eigenvalue weighted by Gasteiger charge is -2.23. The van der Waals surface area contributed by atoms with Crippen molar-refractivity contribution in [3.05, 3.63) is 81.9 Å². The van der Waals surface area contributed by atoms with Crippen LogP contribution in [0.1, 0.15) is 28.4 Å². The second kappa shape index (κ2) is 5.60. The number of allylic oxidation sites excluding steroid dienone is 1. The number of nitrogens with zero attached hydrogens (tertiary/aromatic N) is 4. The highest BCUT2D eigenvalue weighted by Crippen LogP contribution is 2.37. The Labute approximate surface area is 153 Å². The Bertz CT molecular complexity index is 1290. The molecule has 132 valence electrons. The molecule has 0 saturated heterocycles. The lowest BCUT2D eigenvalue weighted by atomic mass is 9.80. The van der Waals surface area contributed by atoms with Crippen molar-refractivity contribution in [3.63, 3.8) is 0 Å². The summed E-state index contributed by atoms with van der Waals surface area (Å²) in [6.07, 6.45) is 6.91. The largest absolute Gasteiger partial charge is 0.313 e. The van der Waals surface area contributed by atoms with Crippen LogP contribution in [0.25, 0.3) is 16.5 Å². The first kappa shape index (κ1) is 15.4. The van der Waals surface area contributed by atoms with Crippen LogP contribution >= 0.6 is 0 Å². The Hall–Kier alpha value is -3.81. The van der Waals surface area contributed by atoms with Crippen molar-refractivity contribution in [1.29, 1.82) is 5.41 Å². The van der Waals surface area contributed by atoms with E-state index in [4.69, 9.17) is 5.41 Å². The normalized spacial score (nSPS) is 16.4. The number of aryl methyl sites for hydroxylation is 1. The van der Waals surface area contributed by atoms with Crippen LogP contribution in [-0.4, -0.2) is 35.7 Å². The van der Waals surface area contributed by atoms with Crippen molar-refractivity contribution in [1.82, 2.24) is 29.9 Å². The molecule has 27 heavy (non-hydrogen) atoms. The van der Waals surface area contributed by atoms with Gasteiger partial charge in [0.25, 0.3) is 5.56 Å². The topological polar surface area (TPSA) is 116 Å². The van der Waals surface area contributed by atoms with E-state index >= 15 is 0 Å². The van der Waals surface area contributed by atoms with E-state index in [0.717, 1.165) is 22.0 Å². The second-order valence-electron chi connectivity index (χ2n) is 6.48. The highest BCUT2D eigenvalue weighted by atomic mass is 16.1. The number of fused-ring (bicyclic) bond motifs is 2. The van der Waals surface area contributed by atoms with Gasteiger partial charge in [0.15, 0.2) is 0 Å². The Morgan fingerprint density at radius 2 is 2.15 bits per heavy atom. The maximum Gasteiger partial charge on any atom is 0.260 e. The monoisotopic (exact) mass is 357 g/mol. The molecule has 1 aliphatic carbocycles. The minimum Gasteiger partial charge on any atom is -0.313 e. The van der Waals surface area contributed by atoms with Gasteiger partial charge < -0.3 is 10.4 Å². The number of aromatic nitrogens is 6. The van der Waals surface area contributed by atoms with Crippen molar-refractivity contribution in [2.45, 2.75) is 5.92 Å². The highest BCUT2D eigenvalue weighted by molar-refractivity contribution is 6.12. The van der Waals surface area contributed by atoms with Crippen LogP contribution in [0.3, 0.4) is 0 Å². The van der Waals surface area contributed by atoms with Gasteiger partial charge in [-0.25, -0.2) is 4.98 Å². The molecular formula is C19H15N7O. The zero-order valence-corrected chi connectivity index (χ0v) is 14.4. The molecule has 0 bridgehead atoms. The maximum absolute atomic E-state index is 12.5. The lowest BCUT2D eigenvalue weighted by molar-refractivity contribution is 0.762. The third-order valence-electron chi connectivity index (χ3n) is 4.87. The van der Waals surface area contributed by atoms with Crippen molar-refractivity contribution in [2.24, 2.45) is 7.05 Å². The quantitative estimate of drug-likeness (QED) is 0.508. The summed E-state index contributed by atoms with van der Waals surface area (Å²) in [4.78, 5) is 19.5. The van der Waals surface area contributed by atoms with E-state index in [0.29, 0.717) is 11.4 Å². The van der Waals surface area contributed by atoms with Gasteiger partial charge in [0.1, 0.15) is 0 Å². The Morgan fingerprint density at radius 1 is 1.26 bits per heavy atom. The molecule has 0 fully saturated rings. The molecule has 0 saturated carbocycles. The molecule has 0 radical (unpaired) electrons. The van der Waals surface area contributed by atoms with Gasteiger partial charge in [0.2, 0.25) is 0 Å². The maximum atomic E-state index is 12.5. The molecule has 3 aromatic heterocycles. The summed E-state index contributed by atoms with van der Waals surface area (Å²) >= 11 is 0. The summed E-state index contributed by atoms with van der Waals surface area (Å²) in [5.41, 5.74) is 3.92. The average molecular weight is 357 g/mol. The fourth-order valence-electron chi connectivity index (χ4n) is 3.61. The van der Waals surface area contributed by atoms with Gasteiger partial charge in [-0.2, -0.15) is 10.2 Å². The molecule has 1 atom stereocenters. The average Bonchev–Trinajstić information content (AvgIpc) is 3.31. The smallest absolute Gasteiger partial charge is 0.260 e. The van der Waals surface area contributed by atoms with E-state index in [-0.39, 0.29) is 16.8 Å². The van der Waals surface area contributed by atoms with Crippen LogP contribution in [0.4, 0.5) is 0 Å². The number of rotatable bonds is 2. The second-order valence-corrected chi connectivity index (χ2v) is 6.48. The molecule has 1 aliphatic rings. The first-order valence-corrected chi connectivity index (χ1v) is 8.44. The zero-order chi connectivity index (χ0) is 18.5. The van der Waals surface area contributed by atoms with Gasteiger partial charge in [-0.15, -0.1) is 0 Å². The van der Waals surface area contributed by atoms with E-state index in [9.17, 15) is 4.79 Å². The molecule has 3 N–H and O–H groups in total. The molecule has 1 unspecified atom stereocenters. The number of H-pyrrole nitrogens is 2. The number of hydrogen-bond donors (Lipinski definition) is 3. The van der Waals surface area contributed by atoms with Crippen molar-refractivity contribution in [2.75, 3.05) is 0 Å². The Morgan fingerprint density at radius 3 is 2.96 bits per heavy atom. The Balaban J connectivity index is 1.80. The zero-order valence-electron chi connectivity index (χ0n) is 14.4. The number of nitrogens with one attached hydrogen (secondary N) is 3. The SMILES string of the molecule is Cn1ccc(C2=CC(c3cccc4[nH]ncc34)C(=N)c3c2nc[nH]c3=O)n1. The van der Waals surface area contributed by atoms with E-state index in [2.05, 4.69) is 25.3 Å². The van der Waals surface area contributed by atoms with Gasteiger partial charge in [-0.1, -0.05) is 18.2 Å². The van der Waals surface area contributed by atoms with Gasteiger partial charge in [0.05, 0.1) is 40.7 Å². The van der Waals surface area contributed by atoms with Crippen LogP contribution in [0, 0.1) is 5.41 Å². The summed E-state index contributed by atoms with van der Waals surface area (Å²) < 4.78 is 1.70. The summed E-state index contributed by atoms with van der Waals surface area (Å²) in [5.74, 6) is -0.402. The molecule has 0 spiro atoms. The number of aromatic amines is 2. The Kier molecular flexibility index (Phi) is 3.20. The molecule has 0 amide bonds. The highest BCUT2D eigenvalue weighted by Gasteiger charge is 2.31. The summed E-state index contributed by atoms with van der Waals surface area (Å²) in [6.45, 7) is 0. The van der Waals surface area contributed by atoms with Crippen LogP contribution in [0.2, 0.25) is 0 Å². The first-order valence-electron chi connectivity index (χ1n) is 8.44. The summed E-state index contributed by atoms with van der Waals surface area (Å²) in [5, 5.41) is 21.2. The molecule has 4 aromatic rings. The molecular weight excluding hydrogens is 342 g/mol. The van der Waals surface area contributed by atoms with Crippen molar-refractivity contribution in [3.8, 4) is 0 Å². The molecule has 5 rings (SSSR count). The van der Waals surface area contributed by atoms with Gasteiger partial charge in [-0.05, 0) is 17.7 Å². The van der Waals surface area contributed by atoms with E-state index in [1.54, 1.807) is 10.9 Å². The minimum atomic E-state index is -0.402. The van der Waals surface area contributed by atoms with E-state index in [1.807, 2.05) is 43.6 Å². The van der Waals surface area contributed by atoms with Crippen LogP contribution in [-0.2, 0) is 7.05 Å². The molecule has 8 heteroatoms. The third-order valence-corrected chi connectivity index (χ3v) is 4.87. The van der Waals surface area contributed by atoms with E-state index < -0.39 is 5.92 Å². The van der Waals surface area contributed by atoms with Gasteiger partial charge in [-0.3, -0.25) is 14.6 Å². The predicted molar refractivity (Wildman–Crippen MR) is 101 cm³/mol. The van der Waals surface area contributed by atoms with Gasteiger partial charge >= 0.3 is 0 Å². The van der Waals surface area contributed by atoms with Crippen molar-refractivity contribution >= 4 is 22.2 Å². The van der Waals surface area contributed by atoms with Crippen molar-refractivity contribution < 1.29 is 0 Å². The molecule has 3 heterocycles.